The van der Waals surface area contributed by atoms with Crippen LogP contribution in [0.3, 0.4) is 0 Å². The van der Waals surface area contributed by atoms with E-state index in [1.54, 1.807) is 26.0 Å². The SMILES string of the molecule is Cc1ccc(S(=O)(=O)OC[C@@H]2O[C@@]3(CO)OC(C)(C)O[C@@H]3C2O)cc1. The average Bonchev–Trinajstić information content (AvgIpc) is 2.95. The van der Waals surface area contributed by atoms with Crippen molar-refractivity contribution >= 4 is 10.1 Å². The second-order valence-electron chi connectivity index (χ2n) is 6.71. The highest BCUT2D eigenvalue weighted by Gasteiger charge is 2.64. The molecule has 2 saturated heterocycles. The van der Waals surface area contributed by atoms with E-state index in [-0.39, 0.29) is 4.90 Å². The molecule has 2 fully saturated rings. The van der Waals surface area contributed by atoms with Crippen molar-refractivity contribution in [1.82, 2.24) is 0 Å². The van der Waals surface area contributed by atoms with Gasteiger partial charge in [0, 0.05) is 0 Å². The zero-order chi connectivity index (χ0) is 18.5. The number of rotatable bonds is 5. The fourth-order valence-electron chi connectivity index (χ4n) is 3.06. The molecule has 2 aliphatic rings. The van der Waals surface area contributed by atoms with Gasteiger partial charge in [0.1, 0.15) is 24.9 Å². The highest BCUT2D eigenvalue weighted by Crippen LogP contribution is 2.45. The van der Waals surface area contributed by atoms with Crippen LogP contribution in [-0.4, -0.2) is 61.7 Å². The monoisotopic (exact) mass is 374 g/mol. The summed E-state index contributed by atoms with van der Waals surface area (Å²) >= 11 is 0. The molecule has 25 heavy (non-hydrogen) atoms. The summed E-state index contributed by atoms with van der Waals surface area (Å²) in [6, 6.07) is 6.20. The van der Waals surface area contributed by atoms with Crippen LogP contribution in [0.15, 0.2) is 29.2 Å². The first-order valence-electron chi connectivity index (χ1n) is 7.89. The zero-order valence-electron chi connectivity index (χ0n) is 14.2. The van der Waals surface area contributed by atoms with Crippen molar-refractivity contribution in [2.45, 2.75) is 55.6 Å². The van der Waals surface area contributed by atoms with E-state index >= 15 is 0 Å². The molecule has 0 radical (unpaired) electrons. The van der Waals surface area contributed by atoms with Gasteiger partial charge in [0.25, 0.3) is 10.1 Å². The van der Waals surface area contributed by atoms with Gasteiger partial charge < -0.3 is 24.4 Å². The number of hydrogen-bond donors (Lipinski definition) is 2. The van der Waals surface area contributed by atoms with Crippen molar-refractivity contribution in [2.24, 2.45) is 0 Å². The van der Waals surface area contributed by atoms with Gasteiger partial charge in [0.15, 0.2) is 5.79 Å². The van der Waals surface area contributed by atoms with E-state index in [1.807, 2.05) is 6.92 Å². The lowest BCUT2D eigenvalue weighted by Crippen LogP contribution is -2.43. The van der Waals surface area contributed by atoms with Gasteiger partial charge >= 0.3 is 0 Å². The van der Waals surface area contributed by atoms with E-state index in [0.717, 1.165) is 5.56 Å². The maximum atomic E-state index is 12.2. The molecule has 2 N–H and O–H groups in total. The van der Waals surface area contributed by atoms with Gasteiger partial charge in [-0.3, -0.25) is 4.18 Å². The van der Waals surface area contributed by atoms with Crippen LogP contribution in [0.1, 0.15) is 19.4 Å². The van der Waals surface area contributed by atoms with E-state index in [0.29, 0.717) is 0 Å². The summed E-state index contributed by atoms with van der Waals surface area (Å²) in [5.41, 5.74) is 0.920. The fraction of sp³-hybridized carbons (Fsp3) is 0.625. The van der Waals surface area contributed by atoms with E-state index in [1.165, 1.54) is 12.1 Å². The van der Waals surface area contributed by atoms with Gasteiger partial charge in [0.2, 0.25) is 5.79 Å². The Kier molecular flexibility index (Phi) is 4.70. The minimum atomic E-state index is -4.00. The number of aliphatic hydroxyl groups excluding tert-OH is 2. The smallest absolute Gasteiger partial charge is 0.297 e. The van der Waals surface area contributed by atoms with Crippen LogP contribution < -0.4 is 0 Å². The molecule has 0 aromatic heterocycles. The number of aliphatic hydroxyl groups is 2. The third kappa shape index (κ3) is 3.45. The van der Waals surface area contributed by atoms with E-state index in [4.69, 9.17) is 18.4 Å². The Bertz CT molecular complexity index is 729. The molecule has 140 valence electrons. The summed E-state index contributed by atoms with van der Waals surface area (Å²) in [5.74, 6) is -2.57. The summed E-state index contributed by atoms with van der Waals surface area (Å²) in [6.45, 7) is 4.13. The average molecular weight is 374 g/mol. The second kappa shape index (κ2) is 6.27. The molecule has 0 aliphatic carbocycles. The van der Waals surface area contributed by atoms with Crippen LogP contribution >= 0.6 is 0 Å². The van der Waals surface area contributed by atoms with Gasteiger partial charge in [-0.25, -0.2) is 0 Å². The molecule has 0 spiro atoms. The molecule has 8 nitrogen and oxygen atoms in total. The predicted molar refractivity (Wildman–Crippen MR) is 85.1 cm³/mol. The molecular weight excluding hydrogens is 352 g/mol. The molecule has 4 atom stereocenters. The van der Waals surface area contributed by atoms with Crippen LogP contribution in [0.2, 0.25) is 0 Å². The van der Waals surface area contributed by atoms with Gasteiger partial charge in [-0.1, -0.05) is 17.7 Å². The largest absolute Gasteiger partial charge is 0.391 e. The van der Waals surface area contributed by atoms with E-state index in [2.05, 4.69) is 0 Å². The van der Waals surface area contributed by atoms with Gasteiger partial charge in [-0.05, 0) is 32.9 Å². The van der Waals surface area contributed by atoms with Crippen LogP contribution in [0, 0.1) is 6.92 Å². The van der Waals surface area contributed by atoms with Gasteiger partial charge in [-0.2, -0.15) is 8.42 Å². The minimum Gasteiger partial charge on any atom is -0.391 e. The van der Waals surface area contributed by atoms with Crippen molar-refractivity contribution < 1.29 is 37.0 Å². The molecular formula is C16H22O8S. The summed E-state index contributed by atoms with van der Waals surface area (Å²) in [7, 11) is -4.00. The summed E-state index contributed by atoms with van der Waals surface area (Å²) in [5, 5.41) is 20.0. The molecule has 2 aliphatic heterocycles. The zero-order valence-corrected chi connectivity index (χ0v) is 15.0. The highest BCUT2D eigenvalue weighted by molar-refractivity contribution is 7.86. The Morgan fingerprint density at radius 2 is 1.84 bits per heavy atom. The third-order valence-electron chi connectivity index (χ3n) is 4.22. The number of benzene rings is 1. The quantitative estimate of drug-likeness (QED) is 0.708. The maximum Gasteiger partial charge on any atom is 0.297 e. The molecule has 1 unspecified atom stereocenters. The standard InChI is InChI=1S/C16H22O8S/c1-10-4-6-11(7-5-10)25(19,20)21-8-12-13(18)14-16(9-17,22-12)24-15(2,3)23-14/h4-7,12-14,17-18H,8-9H2,1-3H3/t12-,13?,14+,16-/m0/s1. The maximum absolute atomic E-state index is 12.2. The Labute approximate surface area is 146 Å². The Morgan fingerprint density at radius 3 is 2.40 bits per heavy atom. The third-order valence-corrected chi connectivity index (χ3v) is 5.52. The van der Waals surface area contributed by atoms with Crippen LogP contribution in [0.5, 0.6) is 0 Å². The van der Waals surface area contributed by atoms with Crippen molar-refractivity contribution in [3.63, 3.8) is 0 Å². The minimum absolute atomic E-state index is 0.0104. The fourth-order valence-corrected chi connectivity index (χ4v) is 3.98. The normalized spacial score (nSPS) is 34.2. The van der Waals surface area contributed by atoms with Crippen LogP contribution in [0.25, 0.3) is 0 Å². The first kappa shape index (κ1) is 18.7. The topological polar surface area (TPSA) is 112 Å². The van der Waals surface area contributed by atoms with Crippen LogP contribution in [-0.2, 0) is 28.5 Å². The molecule has 1 aromatic carbocycles. The molecule has 3 rings (SSSR count). The summed E-state index contributed by atoms with van der Waals surface area (Å²) in [4.78, 5) is 0.0104. The second-order valence-corrected chi connectivity index (χ2v) is 8.32. The lowest BCUT2D eigenvalue weighted by molar-refractivity contribution is -0.275. The predicted octanol–water partition coefficient (Wildman–Crippen LogP) is 0.300. The molecule has 0 amide bonds. The first-order valence-corrected chi connectivity index (χ1v) is 9.30. The van der Waals surface area contributed by atoms with Gasteiger partial charge in [0.05, 0.1) is 11.5 Å². The highest BCUT2D eigenvalue weighted by atomic mass is 32.2. The number of ether oxygens (including phenoxy) is 3. The van der Waals surface area contributed by atoms with Crippen molar-refractivity contribution in [1.29, 1.82) is 0 Å². The van der Waals surface area contributed by atoms with Crippen molar-refractivity contribution in [3.05, 3.63) is 29.8 Å². The lowest BCUT2D eigenvalue weighted by Gasteiger charge is -2.26. The van der Waals surface area contributed by atoms with E-state index < -0.39 is 53.2 Å². The Morgan fingerprint density at radius 1 is 1.20 bits per heavy atom. The van der Waals surface area contributed by atoms with Crippen molar-refractivity contribution in [3.8, 4) is 0 Å². The molecule has 9 heteroatoms. The van der Waals surface area contributed by atoms with Gasteiger partial charge in [-0.15, -0.1) is 0 Å². The van der Waals surface area contributed by atoms with Crippen molar-refractivity contribution in [2.75, 3.05) is 13.2 Å². The molecule has 0 bridgehead atoms. The lowest BCUT2D eigenvalue weighted by atomic mass is 10.1. The summed E-state index contributed by atoms with van der Waals surface area (Å²) in [6.07, 6.45) is -3.17. The number of hydrogen-bond acceptors (Lipinski definition) is 8. The Hall–Kier alpha value is -1.07. The molecule has 2 heterocycles. The van der Waals surface area contributed by atoms with E-state index in [9.17, 15) is 18.6 Å². The van der Waals surface area contributed by atoms with Crippen LogP contribution in [0.4, 0.5) is 0 Å². The number of fused-ring (bicyclic) bond motifs is 1. The first-order chi connectivity index (χ1) is 11.6. The Balaban J connectivity index is 1.70. The summed E-state index contributed by atoms with van der Waals surface area (Å²) < 4.78 is 46.2. The molecule has 1 aromatic rings. The number of aryl methyl sites for hydroxylation is 1. The molecule has 0 saturated carbocycles.